The summed E-state index contributed by atoms with van der Waals surface area (Å²) in [5.41, 5.74) is -7.40. The third-order valence-corrected chi connectivity index (χ3v) is 9.73. The molecule has 298 valence electrons. The highest BCUT2D eigenvalue weighted by atomic mass is 19.4. The smallest absolute Gasteiger partial charge is 0.309 e. The first-order valence-corrected chi connectivity index (χ1v) is 16.5. The molecule has 0 aliphatic rings. The van der Waals surface area contributed by atoms with Crippen LogP contribution in [0.2, 0.25) is 0 Å². The molecule has 3 heterocycles. The molecule has 0 spiro atoms. The molecule has 0 aliphatic carbocycles. The maximum atomic E-state index is 14.4. The van der Waals surface area contributed by atoms with E-state index in [0.717, 1.165) is 41.1 Å². The number of pyridine rings is 1. The first kappa shape index (κ1) is 38.7. The SMILES string of the molecule is FC(F)(F)c1ccc(-c2cnccc2-n2c3ccc(C(F)(F)F)cc3c3cc(C(F)(F)F)ccc32)c(-n2c3ccc(C(F)(F)F)cc3c3cc(C(F)(F)F)ccc32)c1. The molecular formula is C40H18F15N3. The molecule has 0 bridgehead atoms. The molecule has 0 saturated heterocycles. The minimum atomic E-state index is -5.03. The first-order valence-electron chi connectivity index (χ1n) is 16.5. The molecular weight excluding hydrogens is 807 g/mol. The number of fused-ring (bicyclic) bond motifs is 6. The van der Waals surface area contributed by atoms with Crippen LogP contribution in [0.25, 0.3) is 66.1 Å². The Hall–Kier alpha value is -6.20. The van der Waals surface area contributed by atoms with Crippen LogP contribution in [0.1, 0.15) is 27.8 Å². The third kappa shape index (κ3) is 6.43. The summed E-state index contributed by atoms with van der Waals surface area (Å²) in [5, 5.41) is -1.33. The molecule has 18 heteroatoms. The Morgan fingerprint density at radius 2 is 0.638 bits per heavy atom. The average Bonchev–Trinajstić information content (AvgIpc) is 3.64. The van der Waals surface area contributed by atoms with E-state index in [1.54, 1.807) is 0 Å². The minimum absolute atomic E-state index is 0.0185. The summed E-state index contributed by atoms with van der Waals surface area (Å²) in [6, 6.07) is 12.4. The summed E-state index contributed by atoms with van der Waals surface area (Å²) >= 11 is 0. The van der Waals surface area contributed by atoms with Crippen LogP contribution in [0, 0.1) is 0 Å². The van der Waals surface area contributed by atoms with Gasteiger partial charge in [0.1, 0.15) is 0 Å². The van der Waals surface area contributed by atoms with Gasteiger partial charge in [0.2, 0.25) is 0 Å². The molecule has 3 nitrogen and oxygen atoms in total. The number of alkyl halides is 15. The molecule has 5 aromatic carbocycles. The quantitative estimate of drug-likeness (QED) is 0.163. The van der Waals surface area contributed by atoms with Crippen molar-refractivity contribution < 1.29 is 65.9 Å². The van der Waals surface area contributed by atoms with Gasteiger partial charge in [-0.05, 0) is 91.0 Å². The van der Waals surface area contributed by atoms with Crippen molar-refractivity contribution >= 4 is 43.6 Å². The molecule has 0 radical (unpaired) electrons. The van der Waals surface area contributed by atoms with Crippen molar-refractivity contribution in [3.05, 3.63) is 137 Å². The lowest BCUT2D eigenvalue weighted by Crippen LogP contribution is -2.09. The number of halogens is 15. The van der Waals surface area contributed by atoms with Crippen molar-refractivity contribution in [2.45, 2.75) is 30.9 Å². The third-order valence-electron chi connectivity index (χ3n) is 9.73. The zero-order valence-corrected chi connectivity index (χ0v) is 28.4. The minimum Gasteiger partial charge on any atom is -0.309 e. The van der Waals surface area contributed by atoms with Gasteiger partial charge in [0, 0.05) is 45.1 Å². The largest absolute Gasteiger partial charge is 0.416 e. The fourth-order valence-electron chi connectivity index (χ4n) is 7.18. The van der Waals surface area contributed by atoms with Crippen LogP contribution >= 0.6 is 0 Å². The lowest BCUT2D eigenvalue weighted by Gasteiger charge is -2.20. The second kappa shape index (κ2) is 12.6. The fraction of sp³-hybridized carbons (Fsp3) is 0.125. The van der Waals surface area contributed by atoms with E-state index < -0.39 is 75.2 Å². The maximum Gasteiger partial charge on any atom is 0.416 e. The molecule has 0 atom stereocenters. The summed E-state index contributed by atoms with van der Waals surface area (Å²) in [4.78, 5) is 4.09. The van der Waals surface area contributed by atoms with Gasteiger partial charge in [-0.2, -0.15) is 65.9 Å². The van der Waals surface area contributed by atoms with Gasteiger partial charge in [-0.3, -0.25) is 4.98 Å². The van der Waals surface area contributed by atoms with Crippen molar-refractivity contribution in [2.24, 2.45) is 0 Å². The Bertz CT molecular complexity index is 2800. The highest BCUT2D eigenvalue weighted by Crippen LogP contribution is 2.46. The summed E-state index contributed by atoms with van der Waals surface area (Å²) in [6.07, 6.45) is -22.5. The maximum absolute atomic E-state index is 14.4. The molecule has 0 saturated carbocycles. The van der Waals surface area contributed by atoms with Crippen molar-refractivity contribution in [1.82, 2.24) is 14.1 Å². The van der Waals surface area contributed by atoms with Crippen molar-refractivity contribution in [2.75, 3.05) is 0 Å². The number of hydrogen-bond donors (Lipinski definition) is 0. The molecule has 8 rings (SSSR count). The highest BCUT2D eigenvalue weighted by Gasteiger charge is 2.37. The van der Waals surface area contributed by atoms with Gasteiger partial charge >= 0.3 is 30.9 Å². The predicted molar refractivity (Wildman–Crippen MR) is 183 cm³/mol. The van der Waals surface area contributed by atoms with E-state index in [-0.39, 0.29) is 49.7 Å². The fourth-order valence-corrected chi connectivity index (χ4v) is 7.18. The predicted octanol–water partition coefficient (Wildman–Crippen LogP) is 14.0. The Morgan fingerprint density at radius 3 is 0.983 bits per heavy atom. The van der Waals surface area contributed by atoms with E-state index in [1.165, 1.54) is 16.8 Å². The Balaban J connectivity index is 1.48. The van der Waals surface area contributed by atoms with Gasteiger partial charge in [-0.15, -0.1) is 0 Å². The van der Waals surface area contributed by atoms with Crippen molar-refractivity contribution in [3.8, 4) is 22.5 Å². The van der Waals surface area contributed by atoms with Crippen molar-refractivity contribution in [3.63, 3.8) is 0 Å². The van der Waals surface area contributed by atoms with Crippen LogP contribution in [0.15, 0.2) is 109 Å². The van der Waals surface area contributed by atoms with Crippen LogP contribution in [0.5, 0.6) is 0 Å². The Morgan fingerprint density at radius 1 is 0.328 bits per heavy atom. The van der Waals surface area contributed by atoms with Crippen LogP contribution < -0.4 is 0 Å². The van der Waals surface area contributed by atoms with Crippen molar-refractivity contribution in [1.29, 1.82) is 0 Å². The topological polar surface area (TPSA) is 22.8 Å². The first-order chi connectivity index (χ1) is 26.9. The molecule has 0 fully saturated rings. The molecule has 0 aliphatic heterocycles. The summed E-state index contributed by atoms with van der Waals surface area (Å²) in [7, 11) is 0. The zero-order chi connectivity index (χ0) is 41.9. The zero-order valence-electron chi connectivity index (χ0n) is 28.4. The Kier molecular flexibility index (Phi) is 8.43. The van der Waals surface area contributed by atoms with E-state index in [2.05, 4.69) is 4.98 Å². The number of aromatic nitrogens is 3. The van der Waals surface area contributed by atoms with Gasteiger partial charge in [-0.1, -0.05) is 6.07 Å². The molecule has 3 aromatic heterocycles. The van der Waals surface area contributed by atoms with Crippen LogP contribution in [0.4, 0.5) is 65.9 Å². The lowest BCUT2D eigenvalue weighted by molar-refractivity contribution is -0.138. The van der Waals surface area contributed by atoms with Gasteiger partial charge in [-0.25, -0.2) is 0 Å². The lowest BCUT2D eigenvalue weighted by atomic mass is 10.00. The summed E-state index contributed by atoms with van der Waals surface area (Å²) in [6.45, 7) is 0. The van der Waals surface area contributed by atoms with Gasteiger partial charge < -0.3 is 9.13 Å². The van der Waals surface area contributed by atoms with E-state index in [9.17, 15) is 65.9 Å². The van der Waals surface area contributed by atoms with Crippen LogP contribution in [0.3, 0.4) is 0 Å². The molecule has 0 unspecified atom stereocenters. The number of nitrogens with zero attached hydrogens (tertiary/aromatic N) is 3. The monoisotopic (exact) mass is 825 g/mol. The standard InChI is InChI=1S/C40H18F15N3/c41-36(42,43)19-2-7-30-25(13-19)26-14-20(37(44,45)46)3-8-31(26)57(30)34-11-12-56-18-29(34)24-6-1-23(40(53,54)55)17-35(24)58-32-9-4-21(38(47,48)49)15-27(32)28-16-22(39(50,51)52)5-10-33(28)58/h1-18H. The van der Waals surface area contributed by atoms with Crippen LogP contribution in [-0.4, -0.2) is 14.1 Å². The summed E-state index contributed by atoms with van der Waals surface area (Å²) < 4.78 is 212. The molecule has 8 aromatic rings. The molecule has 58 heavy (non-hydrogen) atoms. The number of benzene rings is 5. The van der Waals surface area contributed by atoms with Gasteiger partial charge in [0.25, 0.3) is 0 Å². The van der Waals surface area contributed by atoms with E-state index in [0.29, 0.717) is 60.7 Å². The molecule has 0 amide bonds. The molecule has 0 N–H and O–H groups in total. The van der Waals surface area contributed by atoms with E-state index >= 15 is 0 Å². The second-order valence-corrected chi connectivity index (χ2v) is 13.2. The second-order valence-electron chi connectivity index (χ2n) is 13.2. The van der Waals surface area contributed by atoms with Gasteiger partial charge in [0.05, 0.1) is 61.3 Å². The number of hydrogen-bond acceptors (Lipinski definition) is 1. The highest BCUT2D eigenvalue weighted by molar-refractivity contribution is 6.12. The Labute approximate surface area is 314 Å². The van der Waals surface area contributed by atoms with E-state index in [1.807, 2.05) is 0 Å². The van der Waals surface area contributed by atoms with E-state index in [4.69, 9.17) is 0 Å². The normalized spacial score (nSPS) is 13.4. The average molecular weight is 826 g/mol. The number of rotatable bonds is 3. The summed E-state index contributed by atoms with van der Waals surface area (Å²) in [5.74, 6) is 0. The van der Waals surface area contributed by atoms with Gasteiger partial charge in [0.15, 0.2) is 0 Å². The van der Waals surface area contributed by atoms with Crippen LogP contribution in [-0.2, 0) is 30.9 Å².